The fourth-order valence-corrected chi connectivity index (χ4v) is 2.09. The summed E-state index contributed by atoms with van der Waals surface area (Å²) >= 11 is 0. The first-order chi connectivity index (χ1) is 5.86. The Labute approximate surface area is 75.4 Å². The summed E-state index contributed by atoms with van der Waals surface area (Å²) in [7, 11) is -1.00. The molecule has 0 aromatic heterocycles. The zero-order valence-corrected chi connectivity index (χ0v) is 8.68. The normalized spacial score (nSPS) is 29.5. The van der Waals surface area contributed by atoms with E-state index in [1.54, 1.807) is 0 Å². The van der Waals surface area contributed by atoms with Gasteiger partial charge in [0.05, 0.1) is 19.3 Å². The van der Waals surface area contributed by atoms with Crippen LogP contribution < -0.4 is 0 Å². The van der Waals surface area contributed by atoms with Gasteiger partial charge in [-0.15, -0.1) is 0 Å². The maximum Gasteiger partial charge on any atom is 0.333 e. The molecule has 0 radical (unpaired) electrons. The van der Waals surface area contributed by atoms with Crippen molar-refractivity contribution >= 4 is 8.60 Å². The monoisotopic (exact) mass is 192 g/mol. The van der Waals surface area contributed by atoms with Crippen molar-refractivity contribution in [3.8, 4) is 0 Å². The van der Waals surface area contributed by atoms with Crippen LogP contribution in [0, 0.1) is 0 Å². The van der Waals surface area contributed by atoms with Gasteiger partial charge in [-0.05, 0) is 12.8 Å². The van der Waals surface area contributed by atoms with Gasteiger partial charge >= 0.3 is 8.60 Å². The summed E-state index contributed by atoms with van der Waals surface area (Å²) in [5.41, 5.74) is 0. The Kier molecular flexibility index (Phi) is 5.08. The topological polar surface area (TPSA) is 27.7 Å². The van der Waals surface area contributed by atoms with Gasteiger partial charge in [-0.3, -0.25) is 0 Å². The second kappa shape index (κ2) is 5.87. The average molecular weight is 192 g/mol. The fraction of sp³-hybridized carbons (Fsp3) is 1.00. The van der Waals surface area contributed by atoms with E-state index >= 15 is 0 Å². The maximum absolute atomic E-state index is 5.48. The SMILES string of the molecule is CCCCOP1OCC(CC)O1. The Morgan fingerprint density at radius 1 is 1.50 bits per heavy atom. The lowest BCUT2D eigenvalue weighted by molar-refractivity contribution is 0.209. The highest BCUT2D eigenvalue weighted by molar-refractivity contribution is 7.41. The van der Waals surface area contributed by atoms with Crippen molar-refractivity contribution in [2.45, 2.75) is 39.2 Å². The highest BCUT2D eigenvalue weighted by Gasteiger charge is 2.26. The predicted octanol–water partition coefficient (Wildman–Crippen LogP) is 2.86. The van der Waals surface area contributed by atoms with Gasteiger partial charge in [0.25, 0.3) is 0 Å². The number of hydrogen-bond acceptors (Lipinski definition) is 3. The number of unbranched alkanes of at least 4 members (excludes halogenated alkanes) is 1. The van der Waals surface area contributed by atoms with E-state index < -0.39 is 8.60 Å². The Morgan fingerprint density at radius 3 is 2.92 bits per heavy atom. The molecule has 0 aliphatic carbocycles. The molecule has 2 atom stereocenters. The van der Waals surface area contributed by atoms with E-state index in [1.807, 2.05) is 0 Å². The smallest absolute Gasteiger partial charge is 0.312 e. The van der Waals surface area contributed by atoms with Crippen molar-refractivity contribution in [1.82, 2.24) is 0 Å². The first-order valence-electron chi connectivity index (χ1n) is 4.59. The van der Waals surface area contributed by atoms with Crippen LogP contribution in [-0.4, -0.2) is 19.3 Å². The minimum Gasteiger partial charge on any atom is -0.312 e. The molecule has 72 valence electrons. The van der Waals surface area contributed by atoms with Crippen LogP contribution in [0.2, 0.25) is 0 Å². The van der Waals surface area contributed by atoms with Crippen LogP contribution in [0.1, 0.15) is 33.1 Å². The standard InChI is InChI=1S/C8H17O3P/c1-3-5-6-9-12-10-7-8(4-2)11-12/h8H,3-7H2,1-2H3. The Morgan fingerprint density at radius 2 is 2.33 bits per heavy atom. The molecule has 0 amide bonds. The van der Waals surface area contributed by atoms with E-state index in [1.165, 1.54) is 0 Å². The second-order valence-corrected chi connectivity index (χ2v) is 4.02. The largest absolute Gasteiger partial charge is 0.333 e. The quantitative estimate of drug-likeness (QED) is 0.495. The summed E-state index contributed by atoms with van der Waals surface area (Å²) in [4.78, 5) is 0. The predicted molar refractivity (Wildman–Crippen MR) is 48.9 cm³/mol. The van der Waals surface area contributed by atoms with Gasteiger partial charge in [0, 0.05) is 0 Å². The Hall–Kier alpha value is 0.310. The van der Waals surface area contributed by atoms with Crippen LogP contribution in [0.3, 0.4) is 0 Å². The van der Waals surface area contributed by atoms with Crippen LogP contribution in [0.15, 0.2) is 0 Å². The molecule has 1 heterocycles. The summed E-state index contributed by atoms with van der Waals surface area (Å²) < 4.78 is 16.2. The van der Waals surface area contributed by atoms with E-state index in [0.29, 0.717) is 6.61 Å². The highest BCUT2D eigenvalue weighted by atomic mass is 31.2. The molecular weight excluding hydrogens is 175 g/mol. The first kappa shape index (κ1) is 10.4. The molecule has 0 bridgehead atoms. The van der Waals surface area contributed by atoms with Gasteiger partial charge in [-0.1, -0.05) is 20.3 Å². The molecule has 1 saturated heterocycles. The minimum absolute atomic E-state index is 0.262. The second-order valence-electron chi connectivity index (χ2n) is 2.84. The lowest BCUT2D eigenvalue weighted by Gasteiger charge is -2.08. The molecule has 0 aromatic rings. The lowest BCUT2D eigenvalue weighted by atomic mass is 10.3. The van der Waals surface area contributed by atoms with Crippen molar-refractivity contribution in [2.75, 3.05) is 13.2 Å². The van der Waals surface area contributed by atoms with Gasteiger partial charge in [0.1, 0.15) is 0 Å². The molecule has 0 N–H and O–H groups in total. The van der Waals surface area contributed by atoms with Crippen molar-refractivity contribution < 1.29 is 13.6 Å². The maximum atomic E-state index is 5.48. The van der Waals surface area contributed by atoms with E-state index in [9.17, 15) is 0 Å². The summed E-state index contributed by atoms with van der Waals surface area (Å²) in [5, 5.41) is 0. The first-order valence-corrected chi connectivity index (χ1v) is 5.69. The number of rotatable bonds is 5. The number of hydrogen-bond donors (Lipinski definition) is 0. The highest BCUT2D eigenvalue weighted by Crippen LogP contribution is 2.46. The van der Waals surface area contributed by atoms with E-state index in [-0.39, 0.29) is 6.10 Å². The molecule has 2 unspecified atom stereocenters. The zero-order chi connectivity index (χ0) is 8.81. The van der Waals surface area contributed by atoms with E-state index in [2.05, 4.69) is 13.8 Å². The van der Waals surface area contributed by atoms with E-state index in [0.717, 1.165) is 25.9 Å². The molecule has 3 nitrogen and oxygen atoms in total. The molecule has 12 heavy (non-hydrogen) atoms. The summed E-state index contributed by atoms with van der Waals surface area (Å²) in [6.45, 7) is 5.70. The Bertz CT molecular complexity index is 121. The zero-order valence-electron chi connectivity index (χ0n) is 7.78. The minimum atomic E-state index is -1.00. The molecular formula is C8H17O3P. The van der Waals surface area contributed by atoms with Crippen molar-refractivity contribution in [1.29, 1.82) is 0 Å². The van der Waals surface area contributed by atoms with Crippen LogP contribution >= 0.6 is 8.60 Å². The summed E-state index contributed by atoms with van der Waals surface area (Å²) in [6.07, 6.45) is 3.51. The molecule has 1 aliphatic heterocycles. The molecule has 0 spiro atoms. The molecule has 4 heteroatoms. The molecule has 0 saturated carbocycles. The van der Waals surface area contributed by atoms with Gasteiger partial charge in [0.15, 0.2) is 0 Å². The van der Waals surface area contributed by atoms with Crippen LogP contribution in [0.5, 0.6) is 0 Å². The molecule has 1 aliphatic rings. The molecule has 1 fully saturated rings. The Balaban J connectivity index is 2.03. The van der Waals surface area contributed by atoms with Gasteiger partial charge in [-0.2, -0.15) is 0 Å². The third kappa shape index (κ3) is 3.36. The van der Waals surface area contributed by atoms with Crippen LogP contribution in [0.25, 0.3) is 0 Å². The summed E-state index contributed by atoms with van der Waals surface area (Å²) in [5.74, 6) is 0. The van der Waals surface area contributed by atoms with Crippen molar-refractivity contribution in [3.05, 3.63) is 0 Å². The lowest BCUT2D eigenvalue weighted by Crippen LogP contribution is -2.05. The van der Waals surface area contributed by atoms with Crippen molar-refractivity contribution in [3.63, 3.8) is 0 Å². The third-order valence-corrected chi connectivity index (χ3v) is 2.97. The third-order valence-electron chi connectivity index (χ3n) is 1.75. The molecule has 1 rings (SSSR count). The van der Waals surface area contributed by atoms with Crippen LogP contribution in [0.4, 0.5) is 0 Å². The van der Waals surface area contributed by atoms with Gasteiger partial charge in [0.2, 0.25) is 0 Å². The van der Waals surface area contributed by atoms with Gasteiger partial charge in [-0.25, -0.2) is 0 Å². The fourth-order valence-electron chi connectivity index (χ4n) is 0.870. The average Bonchev–Trinajstić information content (AvgIpc) is 2.53. The summed E-state index contributed by atoms with van der Waals surface area (Å²) in [6, 6.07) is 0. The van der Waals surface area contributed by atoms with E-state index in [4.69, 9.17) is 13.6 Å². The van der Waals surface area contributed by atoms with Crippen molar-refractivity contribution in [2.24, 2.45) is 0 Å². The van der Waals surface area contributed by atoms with Crippen LogP contribution in [-0.2, 0) is 13.6 Å². The molecule has 0 aromatic carbocycles. The van der Waals surface area contributed by atoms with Gasteiger partial charge < -0.3 is 13.6 Å².